The highest BCUT2D eigenvalue weighted by Crippen LogP contribution is 2.37. The van der Waals surface area contributed by atoms with Gasteiger partial charge in [-0.15, -0.1) is 0 Å². The fourth-order valence-corrected chi connectivity index (χ4v) is 2.71. The minimum Gasteiger partial charge on any atom is -0.481 e. The number of amides is 1. The smallest absolute Gasteiger partial charge is 0.260 e. The first-order valence-electron chi connectivity index (χ1n) is 7.40. The molecule has 2 rings (SSSR count). The minimum absolute atomic E-state index is 0.0961. The molecule has 0 radical (unpaired) electrons. The zero-order chi connectivity index (χ0) is 14.5. The monoisotopic (exact) mass is 276 g/mol. The number of hydrogen-bond donors (Lipinski definition) is 2. The average molecular weight is 276 g/mol. The highest BCUT2D eigenvalue weighted by atomic mass is 16.5. The summed E-state index contributed by atoms with van der Waals surface area (Å²) >= 11 is 0. The van der Waals surface area contributed by atoms with Crippen LogP contribution >= 0.6 is 0 Å². The van der Waals surface area contributed by atoms with Gasteiger partial charge in [-0.1, -0.05) is 19.1 Å². The summed E-state index contributed by atoms with van der Waals surface area (Å²) in [6.45, 7) is 4.98. The first kappa shape index (κ1) is 14.9. The molecule has 1 aromatic carbocycles. The van der Waals surface area contributed by atoms with Gasteiger partial charge in [-0.3, -0.25) is 4.79 Å². The molecule has 0 aromatic heterocycles. The highest BCUT2D eigenvalue weighted by Gasteiger charge is 2.25. The molecule has 0 aliphatic heterocycles. The molecule has 2 atom stereocenters. The Balaban J connectivity index is 2.13. The minimum atomic E-state index is -0.464. The molecular formula is C16H24N2O2. The molecule has 0 bridgehead atoms. The van der Waals surface area contributed by atoms with E-state index in [2.05, 4.69) is 23.6 Å². The van der Waals surface area contributed by atoms with Crippen LogP contribution in [0.4, 0.5) is 0 Å². The molecule has 2 N–H and O–H groups in total. The van der Waals surface area contributed by atoms with Crippen molar-refractivity contribution in [2.75, 3.05) is 13.6 Å². The molecule has 2 unspecified atom stereocenters. The first-order chi connectivity index (χ1) is 9.67. The van der Waals surface area contributed by atoms with E-state index in [0.29, 0.717) is 6.04 Å². The van der Waals surface area contributed by atoms with Crippen LogP contribution < -0.4 is 15.4 Å². The largest absolute Gasteiger partial charge is 0.481 e. The number of fused-ring (bicyclic) bond motifs is 1. The fourth-order valence-electron chi connectivity index (χ4n) is 2.71. The van der Waals surface area contributed by atoms with Gasteiger partial charge in [-0.05, 0) is 49.9 Å². The summed E-state index contributed by atoms with van der Waals surface area (Å²) in [6.07, 6.45) is 2.78. The summed E-state index contributed by atoms with van der Waals surface area (Å²) in [7, 11) is 1.63. The Morgan fingerprint density at radius 3 is 3.00 bits per heavy atom. The maximum atomic E-state index is 11.6. The topological polar surface area (TPSA) is 50.4 Å². The second kappa shape index (κ2) is 6.75. The molecule has 20 heavy (non-hydrogen) atoms. The van der Waals surface area contributed by atoms with Gasteiger partial charge in [0.15, 0.2) is 6.10 Å². The zero-order valence-corrected chi connectivity index (χ0v) is 12.5. The van der Waals surface area contributed by atoms with Crippen LogP contribution in [0.25, 0.3) is 0 Å². The second-order valence-electron chi connectivity index (χ2n) is 5.24. The molecule has 110 valence electrons. The van der Waals surface area contributed by atoms with Crippen LogP contribution in [0.2, 0.25) is 0 Å². The van der Waals surface area contributed by atoms with E-state index in [0.717, 1.165) is 31.6 Å². The lowest BCUT2D eigenvalue weighted by molar-refractivity contribution is -0.126. The Morgan fingerprint density at radius 1 is 1.50 bits per heavy atom. The van der Waals surface area contributed by atoms with E-state index < -0.39 is 6.10 Å². The molecule has 1 aromatic rings. The number of ether oxygens (including phenoxy) is 1. The Morgan fingerprint density at radius 2 is 2.30 bits per heavy atom. The van der Waals surface area contributed by atoms with Gasteiger partial charge in [0, 0.05) is 13.1 Å². The summed E-state index contributed by atoms with van der Waals surface area (Å²) in [5, 5.41) is 6.18. The first-order valence-corrected chi connectivity index (χ1v) is 7.40. The number of rotatable bonds is 6. The number of nitrogens with one attached hydrogen (secondary N) is 2. The van der Waals surface area contributed by atoms with E-state index in [9.17, 15) is 4.79 Å². The SMILES string of the molecule is CCCNC1CCc2c(OC(C)C(=O)NC)cccc21. The number of carbonyl (C=O) groups is 1. The van der Waals surface area contributed by atoms with Crippen molar-refractivity contribution in [3.05, 3.63) is 29.3 Å². The Bertz CT molecular complexity index is 474. The molecular weight excluding hydrogens is 252 g/mol. The van der Waals surface area contributed by atoms with Gasteiger partial charge >= 0.3 is 0 Å². The summed E-state index contributed by atoms with van der Waals surface area (Å²) < 4.78 is 5.82. The molecule has 1 aliphatic rings. The molecule has 0 spiro atoms. The van der Waals surface area contributed by atoms with Crippen LogP contribution in [-0.4, -0.2) is 25.6 Å². The van der Waals surface area contributed by atoms with Crippen LogP contribution in [0.1, 0.15) is 43.9 Å². The van der Waals surface area contributed by atoms with E-state index in [1.807, 2.05) is 12.1 Å². The lowest BCUT2D eigenvalue weighted by Gasteiger charge is -2.17. The number of benzene rings is 1. The standard InChI is InChI=1S/C16H24N2O2/c1-4-10-18-14-9-8-13-12(14)6-5-7-15(13)20-11(2)16(19)17-3/h5-7,11,14,18H,4,8-10H2,1-3H3,(H,17,19). The highest BCUT2D eigenvalue weighted by molar-refractivity contribution is 5.80. The normalized spacial score (nSPS) is 18.4. The van der Waals surface area contributed by atoms with Crippen LogP contribution in [0.5, 0.6) is 5.75 Å². The van der Waals surface area contributed by atoms with Gasteiger partial charge in [-0.2, -0.15) is 0 Å². The Labute approximate surface area is 120 Å². The van der Waals surface area contributed by atoms with Gasteiger partial charge in [-0.25, -0.2) is 0 Å². The number of hydrogen-bond acceptors (Lipinski definition) is 3. The van der Waals surface area contributed by atoms with Crippen molar-refractivity contribution in [3.63, 3.8) is 0 Å². The van der Waals surface area contributed by atoms with E-state index in [1.54, 1.807) is 14.0 Å². The predicted octanol–water partition coefficient (Wildman–Crippen LogP) is 2.19. The van der Waals surface area contributed by atoms with Crippen molar-refractivity contribution in [1.82, 2.24) is 10.6 Å². The third-order valence-corrected chi connectivity index (χ3v) is 3.79. The van der Waals surface area contributed by atoms with Crippen molar-refractivity contribution in [2.45, 2.75) is 45.3 Å². The maximum Gasteiger partial charge on any atom is 0.260 e. The number of carbonyl (C=O) groups excluding carboxylic acids is 1. The zero-order valence-electron chi connectivity index (χ0n) is 12.5. The van der Waals surface area contributed by atoms with Gasteiger partial charge in [0.25, 0.3) is 5.91 Å². The molecule has 0 fully saturated rings. The van der Waals surface area contributed by atoms with Crippen molar-refractivity contribution in [1.29, 1.82) is 0 Å². The summed E-state index contributed by atoms with van der Waals surface area (Å²) in [4.78, 5) is 11.6. The van der Waals surface area contributed by atoms with E-state index in [-0.39, 0.29) is 5.91 Å². The van der Waals surface area contributed by atoms with Crippen LogP contribution in [0, 0.1) is 0 Å². The van der Waals surface area contributed by atoms with Crippen LogP contribution in [0.3, 0.4) is 0 Å². The average Bonchev–Trinajstić information content (AvgIpc) is 2.88. The predicted molar refractivity (Wildman–Crippen MR) is 80.0 cm³/mol. The summed E-state index contributed by atoms with van der Waals surface area (Å²) in [6, 6.07) is 6.55. The summed E-state index contributed by atoms with van der Waals surface area (Å²) in [5.74, 6) is 0.751. The lowest BCUT2D eigenvalue weighted by Crippen LogP contribution is -2.33. The van der Waals surface area contributed by atoms with Gasteiger partial charge < -0.3 is 15.4 Å². The molecule has 4 nitrogen and oxygen atoms in total. The fraction of sp³-hybridized carbons (Fsp3) is 0.562. The van der Waals surface area contributed by atoms with Gasteiger partial charge in [0.1, 0.15) is 5.75 Å². The maximum absolute atomic E-state index is 11.6. The lowest BCUT2D eigenvalue weighted by atomic mass is 10.1. The van der Waals surface area contributed by atoms with Crippen LogP contribution in [-0.2, 0) is 11.2 Å². The third-order valence-electron chi connectivity index (χ3n) is 3.79. The van der Waals surface area contributed by atoms with Gasteiger partial charge in [0.2, 0.25) is 0 Å². The van der Waals surface area contributed by atoms with E-state index >= 15 is 0 Å². The summed E-state index contributed by atoms with van der Waals surface area (Å²) in [5.41, 5.74) is 2.57. The molecule has 1 aliphatic carbocycles. The van der Waals surface area contributed by atoms with Crippen LogP contribution in [0.15, 0.2) is 18.2 Å². The Hall–Kier alpha value is -1.55. The van der Waals surface area contributed by atoms with Crippen molar-refractivity contribution in [2.24, 2.45) is 0 Å². The Kier molecular flexibility index (Phi) is 5.01. The second-order valence-corrected chi connectivity index (χ2v) is 5.24. The number of likely N-dealkylation sites (N-methyl/N-ethyl adjacent to an activating group) is 1. The third kappa shape index (κ3) is 3.12. The van der Waals surface area contributed by atoms with E-state index in [1.165, 1.54) is 11.1 Å². The van der Waals surface area contributed by atoms with Gasteiger partial charge in [0.05, 0.1) is 0 Å². The van der Waals surface area contributed by atoms with E-state index in [4.69, 9.17) is 4.74 Å². The van der Waals surface area contributed by atoms with Crippen molar-refractivity contribution < 1.29 is 9.53 Å². The molecule has 0 saturated carbocycles. The van der Waals surface area contributed by atoms with Crippen molar-refractivity contribution in [3.8, 4) is 5.75 Å². The quantitative estimate of drug-likeness (QED) is 0.837. The molecule has 0 heterocycles. The van der Waals surface area contributed by atoms with Crippen molar-refractivity contribution >= 4 is 5.91 Å². The molecule has 4 heteroatoms. The molecule has 0 saturated heterocycles. The molecule has 1 amide bonds.